The summed E-state index contributed by atoms with van der Waals surface area (Å²) in [6.45, 7) is 0. The molecule has 0 aliphatic carbocycles. The number of hydrogen-bond acceptors (Lipinski definition) is 5. The van der Waals surface area contributed by atoms with Crippen LogP contribution in [0, 0.1) is 5.82 Å². The maximum absolute atomic E-state index is 13.6. The monoisotopic (exact) mass is 319 g/mol. The summed E-state index contributed by atoms with van der Waals surface area (Å²) >= 11 is 0. The number of sulfone groups is 1. The molecule has 0 spiro atoms. The molecule has 2 rings (SSSR count). The molecule has 20 heavy (non-hydrogen) atoms. The summed E-state index contributed by atoms with van der Waals surface area (Å²) in [4.78, 5) is -0.193. The number of hydrogen-bond donors (Lipinski definition) is 2. The van der Waals surface area contributed by atoms with E-state index in [0.29, 0.717) is 0 Å². The molecule has 10 heteroatoms. The van der Waals surface area contributed by atoms with Crippen LogP contribution in [0.25, 0.3) is 0 Å². The van der Waals surface area contributed by atoms with E-state index in [0.717, 1.165) is 24.5 Å². The Hall–Kier alpha value is -1.94. The zero-order valence-electron chi connectivity index (χ0n) is 10.2. The summed E-state index contributed by atoms with van der Waals surface area (Å²) in [5.41, 5.74) is -0.456. The normalized spacial score (nSPS) is 12.3. The fraction of sp³-hybridized carbons (Fsp3) is 0.100. The van der Waals surface area contributed by atoms with Gasteiger partial charge in [-0.1, -0.05) is 0 Å². The lowest BCUT2D eigenvalue weighted by Gasteiger charge is -2.08. The van der Waals surface area contributed by atoms with Crippen LogP contribution in [0.15, 0.2) is 40.4 Å². The van der Waals surface area contributed by atoms with E-state index >= 15 is 0 Å². The van der Waals surface area contributed by atoms with Crippen LogP contribution in [0.3, 0.4) is 0 Å². The minimum atomic E-state index is -4.06. The van der Waals surface area contributed by atoms with Crippen molar-refractivity contribution in [2.75, 3.05) is 11.0 Å². The average molecular weight is 319 g/mol. The molecule has 1 aromatic heterocycles. The molecule has 1 heterocycles. The molecule has 0 fully saturated rings. The minimum Gasteiger partial charge on any atom is -0.275 e. The molecule has 0 saturated carbocycles. The van der Waals surface area contributed by atoms with Gasteiger partial charge in [-0.3, -0.25) is 9.82 Å². The first-order chi connectivity index (χ1) is 9.20. The number of anilines is 1. The molecule has 108 valence electrons. The topological polar surface area (TPSA) is 109 Å². The quantitative estimate of drug-likeness (QED) is 0.808. The second kappa shape index (κ2) is 4.87. The molecule has 0 amide bonds. The van der Waals surface area contributed by atoms with Gasteiger partial charge in [0.15, 0.2) is 14.9 Å². The maximum Gasteiger partial charge on any atom is 0.278 e. The van der Waals surface area contributed by atoms with Crippen LogP contribution in [0.2, 0.25) is 0 Å². The summed E-state index contributed by atoms with van der Waals surface area (Å²) < 4.78 is 62.0. The van der Waals surface area contributed by atoms with Crippen LogP contribution >= 0.6 is 0 Å². The van der Waals surface area contributed by atoms with Crippen molar-refractivity contribution in [3.63, 3.8) is 0 Å². The number of nitrogens with one attached hydrogen (secondary N) is 2. The molecule has 1 aromatic carbocycles. The summed E-state index contributed by atoms with van der Waals surface area (Å²) in [6, 6.07) is 4.03. The molecule has 0 aliphatic rings. The lowest BCUT2D eigenvalue weighted by atomic mass is 10.3. The van der Waals surface area contributed by atoms with Gasteiger partial charge in [0, 0.05) is 6.26 Å². The van der Waals surface area contributed by atoms with Gasteiger partial charge >= 0.3 is 0 Å². The number of nitrogens with zero attached hydrogens (tertiary/aromatic N) is 1. The molecule has 0 saturated heterocycles. The van der Waals surface area contributed by atoms with Crippen molar-refractivity contribution < 1.29 is 21.2 Å². The zero-order valence-corrected chi connectivity index (χ0v) is 11.8. The highest BCUT2D eigenvalue weighted by atomic mass is 32.2. The van der Waals surface area contributed by atoms with E-state index < -0.39 is 31.4 Å². The van der Waals surface area contributed by atoms with E-state index in [9.17, 15) is 21.2 Å². The van der Waals surface area contributed by atoms with Crippen molar-refractivity contribution >= 4 is 25.5 Å². The van der Waals surface area contributed by atoms with Crippen LogP contribution in [0.4, 0.5) is 10.1 Å². The van der Waals surface area contributed by atoms with E-state index in [1.54, 1.807) is 0 Å². The highest BCUT2D eigenvalue weighted by Gasteiger charge is 2.19. The Morgan fingerprint density at radius 1 is 1.20 bits per heavy atom. The molecular weight excluding hydrogens is 309 g/mol. The van der Waals surface area contributed by atoms with Gasteiger partial charge in [0.05, 0.1) is 16.8 Å². The summed E-state index contributed by atoms with van der Waals surface area (Å²) in [5.74, 6) is -0.888. The summed E-state index contributed by atoms with van der Waals surface area (Å²) in [5, 5.41) is 5.43. The van der Waals surface area contributed by atoms with Crippen LogP contribution < -0.4 is 4.72 Å². The first-order valence-electron chi connectivity index (χ1n) is 5.22. The Balaban J connectivity index is 2.44. The predicted molar refractivity (Wildman–Crippen MR) is 68.9 cm³/mol. The van der Waals surface area contributed by atoms with E-state index in [2.05, 4.69) is 10.2 Å². The van der Waals surface area contributed by atoms with Crippen molar-refractivity contribution in [3.8, 4) is 0 Å². The van der Waals surface area contributed by atoms with E-state index in [-0.39, 0.29) is 9.92 Å². The fourth-order valence-corrected chi connectivity index (χ4v) is 3.02. The van der Waals surface area contributed by atoms with Crippen molar-refractivity contribution in [3.05, 3.63) is 36.3 Å². The van der Waals surface area contributed by atoms with Crippen molar-refractivity contribution in [1.29, 1.82) is 0 Å². The highest BCUT2D eigenvalue weighted by Crippen LogP contribution is 2.22. The Morgan fingerprint density at radius 3 is 2.45 bits per heavy atom. The van der Waals surface area contributed by atoms with Gasteiger partial charge in [-0.2, -0.15) is 13.5 Å². The number of sulfonamides is 1. The Kier molecular flexibility index (Phi) is 3.52. The van der Waals surface area contributed by atoms with Crippen LogP contribution in [0.1, 0.15) is 0 Å². The molecule has 2 aromatic rings. The molecule has 2 N–H and O–H groups in total. The van der Waals surface area contributed by atoms with Gasteiger partial charge in [0.2, 0.25) is 0 Å². The molecule has 0 bridgehead atoms. The maximum atomic E-state index is 13.6. The number of benzene rings is 1. The van der Waals surface area contributed by atoms with Gasteiger partial charge in [-0.15, -0.1) is 0 Å². The van der Waals surface area contributed by atoms with Crippen LogP contribution in [-0.2, 0) is 19.9 Å². The first kappa shape index (κ1) is 14.5. The molecule has 0 atom stereocenters. The largest absolute Gasteiger partial charge is 0.278 e. The zero-order chi connectivity index (χ0) is 15.0. The number of halogens is 1. The van der Waals surface area contributed by atoms with Crippen molar-refractivity contribution in [2.24, 2.45) is 0 Å². The third-order valence-corrected chi connectivity index (χ3v) is 4.78. The molecule has 7 nitrogen and oxygen atoms in total. The smallest absolute Gasteiger partial charge is 0.275 e. The standard InChI is InChI=1S/C10H10FN3O4S2/c1-19(15,16)7-2-3-8(11)9(6-7)14-20(17,18)10-4-5-12-13-10/h2-6,14H,1H3,(H,12,13). The van der Waals surface area contributed by atoms with E-state index in [1.165, 1.54) is 12.3 Å². The van der Waals surface area contributed by atoms with Crippen molar-refractivity contribution in [1.82, 2.24) is 10.2 Å². The van der Waals surface area contributed by atoms with E-state index in [4.69, 9.17) is 0 Å². The Labute approximate surface area is 114 Å². The minimum absolute atomic E-state index is 0.193. The number of aromatic amines is 1. The summed E-state index contributed by atoms with van der Waals surface area (Å²) in [6.07, 6.45) is 2.16. The second-order valence-electron chi connectivity index (χ2n) is 3.94. The van der Waals surface area contributed by atoms with Gasteiger partial charge in [0.25, 0.3) is 10.0 Å². The van der Waals surface area contributed by atoms with Gasteiger partial charge in [0.1, 0.15) is 5.82 Å². The van der Waals surface area contributed by atoms with Crippen LogP contribution in [-0.4, -0.2) is 33.3 Å². The Bertz CT molecular complexity index is 829. The lowest BCUT2D eigenvalue weighted by Crippen LogP contribution is -2.15. The predicted octanol–water partition coefficient (Wildman–Crippen LogP) is 0.753. The number of rotatable bonds is 4. The number of H-pyrrole nitrogens is 1. The third-order valence-electron chi connectivity index (χ3n) is 2.38. The van der Waals surface area contributed by atoms with Gasteiger partial charge in [-0.05, 0) is 24.3 Å². The highest BCUT2D eigenvalue weighted by molar-refractivity contribution is 7.92. The molecule has 0 aliphatic heterocycles. The Morgan fingerprint density at radius 2 is 1.90 bits per heavy atom. The SMILES string of the molecule is CS(=O)(=O)c1ccc(F)c(NS(=O)(=O)c2ccn[nH]2)c1. The summed E-state index contributed by atoms with van der Waals surface area (Å²) in [7, 11) is -7.63. The molecule has 0 unspecified atom stereocenters. The fourth-order valence-electron chi connectivity index (χ4n) is 1.41. The first-order valence-corrected chi connectivity index (χ1v) is 8.59. The molecule has 0 radical (unpaired) electrons. The molecular formula is C10H10FN3O4S2. The number of aromatic nitrogens is 2. The second-order valence-corrected chi connectivity index (χ2v) is 7.61. The average Bonchev–Trinajstić information content (AvgIpc) is 2.84. The lowest BCUT2D eigenvalue weighted by molar-refractivity contribution is 0.592. The van der Waals surface area contributed by atoms with Crippen LogP contribution in [0.5, 0.6) is 0 Å². The third kappa shape index (κ3) is 2.96. The van der Waals surface area contributed by atoms with Crippen molar-refractivity contribution in [2.45, 2.75) is 9.92 Å². The van der Waals surface area contributed by atoms with Gasteiger partial charge < -0.3 is 0 Å². The van der Waals surface area contributed by atoms with E-state index in [1.807, 2.05) is 4.72 Å². The van der Waals surface area contributed by atoms with Gasteiger partial charge in [-0.25, -0.2) is 12.8 Å².